The van der Waals surface area contributed by atoms with E-state index in [-0.39, 0.29) is 12.4 Å². The van der Waals surface area contributed by atoms with Crippen LogP contribution in [0.3, 0.4) is 0 Å². The molecule has 0 N–H and O–H groups in total. The third-order valence-corrected chi connectivity index (χ3v) is 5.23. The average Bonchev–Trinajstić information content (AvgIpc) is 2.95. The van der Waals surface area contributed by atoms with Crippen LogP contribution in [0.2, 0.25) is 0 Å². The maximum atomic E-state index is 12.3. The van der Waals surface area contributed by atoms with Crippen LogP contribution in [0.25, 0.3) is 0 Å². The average molecular weight is 307 g/mol. The minimum atomic E-state index is -3.31. The second-order valence-electron chi connectivity index (χ2n) is 4.86. The van der Waals surface area contributed by atoms with Crippen LogP contribution >= 0.6 is 0 Å². The Morgan fingerprint density at radius 2 is 1.95 bits per heavy atom. The maximum Gasteiger partial charge on any atom is 0.217 e. The zero-order chi connectivity index (χ0) is 14.7. The van der Waals surface area contributed by atoms with Crippen LogP contribution in [0, 0.1) is 0 Å². The van der Waals surface area contributed by atoms with Crippen molar-refractivity contribution in [3.05, 3.63) is 48.3 Å². The van der Waals surface area contributed by atoms with E-state index in [9.17, 15) is 8.42 Å². The second kappa shape index (κ2) is 5.87. The van der Waals surface area contributed by atoms with Crippen molar-refractivity contribution in [1.82, 2.24) is 14.1 Å². The molecule has 0 amide bonds. The standard InChI is InChI=1S/C14H17N3O3S/c18-21(19,11-10-20-14-4-2-1-3-5-14)16-8-9-17-13(12-16)6-7-15-17/h1-7H,8-12H2. The number of hydrogen-bond acceptors (Lipinski definition) is 4. The Hall–Kier alpha value is -1.86. The van der Waals surface area contributed by atoms with Crippen LogP contribution in [-0.4, -0.2) is 41.4 Å². The molecule has 21 heavy (non-hydrogen) atoms. The molecule has 0 radical (unpaired) electrons. The fourth-order valence-corrected chi connectivity index (χ4v) is 3.55. The fourth-order valence-electron chi connectivity index (χ4n) is 2.31. The highest BCUT2D eigenvalue weighted by Gasteiger charge is 2.26. The molecule has 112 valence electrons. The highest BCUT2D eigenvalue weighted by atomic mass is 32.2. The summed E-state index contributed by atoms with van der Waals surface area (Å²) in [6.07, 6.45) is 1.70. The molecule has 0 spiro atoms. The summed E-state index contributed by atoms with van der Waals surface area (Å²) < 4.78 is 33.4. The molecule has 0 unspecified atom stereocenters. The van der Waals surface area contributed by atoms with Gasteiger partial charge in [-0.15, -0.1) is 0 Å². The molecule has 0 saturated carbocycles. The van der Waals surface area contributed by atoms with Crippen molar-refractivity contribution in [3.8, 4) is 5.75 Å². The topological polar surface area (TPSA) is 64.4 Å². The van der Waals surface area contributed by atoms with Gasteiger partial charge >= 0.3 is 0 Å². The molecule has 1 aliphatic rings. The highest BCUT2D eigenvalue weighted by Crippen LogP contribution is 2.15. The van der Waals surface area contributed by atoms with Crippen LogP contribution in [0.1, 0.15) is 5.69 Å². The Bertz CT molecular complexity index is 697. The monoisotopic (exact) mass is 307 g/mol. The summed E-state index contributed by atoms with van der Waals surface area (Å²) in [5.74, 6) is 0.667. The predicted molar refractivity (Wildman–Crippen MR) is 78.4 cm³/mol. The molecular weight excluding hydrogens is 290 g/mol. The van der Waals surface area contributed by atoms with Crippen molar-refractivity contribution < 1.29 is 13.2 Å². The molecule has 1 aromatic carbocycles. The number of nitrogens with zero attached hydrogens (tertiary/aromatic N) is 3. The van der Waals surface area contributed by atoms with Gasteiger partial charge in [0.1, 0.15) is 12.4 Å². The number of rotatable bonds is 5. The number of sulfonamides is 1. The summed E-state index contributed by atoms with van der Waals surface area (Å²) in [6.45, 7) is 1.60. The highest BCUT2D eigenvalue weighted by molar-refractivity contribution is 7.89. The van der Waals surface area contributed by atoms with Crippen molar-refractivity contribution in [2.75, 3.05) is 18.9 Å². The summed E-state index contributed by atoms with van der Waals surface area (Å²) in [5, 5.41) is 4.15. The van der Waals surface area contributed by atoms with Gasteiger partial charge < -0.3 is 4.74 Å². The zero-order valence-electron chi connectivity index (χ0n) is 11.6. The molecule has 0 saturated heterocycles. The minimum Gasteiger partial charge on any atom is -0.492 e. The van der Waals surface area contributed by atoms with Crippen LogP contribution in [-0.2, 0) is 23.1 Å². The molecule has 0 fully saturated rings. The third-order valence-electron chi connectivity index (χ3n) is 3.45. The van der Waals surface area contributed by atoms with Gasteiger partial charge in [0.05, 0.1) is 24.5 Å². The van der Waals surface area contributed by atoms with Crippen LogP contribution < -0.4 is 4.74 Å². The molecule has 7 heteroatoms. The number of fused-ring (bicyclic) bond motifs is 1. The number of hydrogen-bond donors (Lipinski definition) is 0. The Morgan fingerprint density at radius 1 is 1.14 bits per heavy atom. The molecule has 0 bridgehead atoms. The van der Waals surface area contributed by atoms with Gasteiger partial charge in [-0.25, -0.2) is 8.42 Å². The Kier molecular flexibility index (Phi) is 3.94. The van der Waals surface area contributed by atoms with E-state index in [4.69, 9.17) is 4.74 Å². The van der Waals surface area contributed by atoms with Crippen molar-refractivity contribution >= 4 is 10.0 Å². The molecule has 3 rings (SSSR count). The lowest BCUT2D eigenvalue weighted by Gasteiger charge is -2.26. The Balaban J connectivity index is 1.58. The van der Waals surface area contributed by atoms with Gasteiger partial charge in [-0.2, -0.15) is 9.40 Å². The van der Waals surface area contributed by atoms with Gasteiger partial charge in [0, 0.05) is 12.7 Å². The summed E-state index contributed by atoms with van der Waals surface area (Å²) >= 11 is 0. The molecule has 1 aliphatic heterocycles. The van der Waals surface area contributed by atoms with E-state index < -0.39 is 10.0 Å². The van der Waals surface area contributed by atoms with E-state index in [1.54, 1.807) is 6.20 Å². The minimum absolute atomic E-state index is 0.0178. The van der Waals surface area contributed by atoms with E-state index in [0.29, 0.717) is 25.4 Å². The lowest BCUT2D eigenvalue weighted by molar-refractivity contribution is 0.311. The first-order valence-corrected chi connectivity index (χ1v) is 8.42. The Labute approximate surface area is 124 Å². The van der Waals surface area contributed by atoms with E-state index in [1.165, 1.54) is 4.31 Å². The van der Waals surface area contributed by atoms with Crippen molar-refractivity contribution in [1.29, 1.82) is 0 Å². The maximum absolute atomic E-state index is 12.3. The summed E-state index contributed by atoms with van der Waals surface area (Å²) in [4.78, 5) is 0. The largest absolute Gasteiger partial charge is 0.492 e. The summed E-state index contributed by atoms with van der Waals surface area (Å²) in [6, 6.07) is 11.1. The quantitative estimate of drug-likeness (QED) is 0.830. The molecule has 0 aliphatic carbocycles. The first-order valence-electron chi connectivity index (χ1n) is 6.81. The molecule has 1 aromatic heterocycles. The van der Waals surface area contributed by atoms with Gasteiger partial charge in [0.25, 0.3) is 0 Å². The number of benzene rings is 1. The molecule has 6 nitrogen and oxygen atoms in total. The van der Waals surface area contributed by atoms with Crippen LogP contribution in [0.15, 0.2) is 42.6 Å². The number of aromatic nitrogens is 2. The number of para-hydroxylation sites is 1. The van der Waals surface area contributed by atoms with Gasteiger partial charge in [-0.3, -0.25) is 4.68 Å². The first kappa shape index (κ1) is 14.1. The molecule has 2 aromatic rings. The molecule has 2 heterocycles. The van der Waals surface area contributed by atoms with Gasteiger partial charge in [0.2, 0.25) is 10.0 Å². The lowest BCUT2D eigenvalue weighted by Crippen LogP contribution is -2.40. The summed E-state index contributed by atoms with van der Waals surface area (Å²) in [5.41, 5.74) is 0.925. The zero-order valence-corrected chi connectivity index (χ0v) is 12.4. The molecule has 0 atom stereocenters. The smallest absolute Gasteiger partial charge is 0.217 e. The van der Waals surface area contributed by atoms with Gasteiger partial charge in [0.15, 0.2) is 0 Å². The van der Waals surface area contributed by atoms with E-state index >= 15 is 0 Å². The summed E-state index contributed by atoms with van der Waals surface area (Å²) in [7, 11) is -3.31. The second-order valence-corrected chi connectivity index (χ2v) is 6.95. The Morgan fingerprint density at radius 3 is 2.76 bits per heavy atom. The normalized spacial score (nSPS) is 15.6. The van der Waals surface area contributed by atoms with Gasteiger partial charge in [-0.1, -0.05) is 18.2 Å². The van der Waals surface area contributed by atoms with Gasteiger partial charge in [-0.05, 0) is 18.2 Å². The fraction of sp³-hybridized carbons (Fsp3) is 0.357. The van der Waals surface area contributed by atoms with Crippen LogP contribution in [0.4, 0.5) is 0 Å². The lowest BCUT2D eigenvalue weighted by atomic mass is 10.3. The van der Waals surface area contributed by atoms with Crippen molar-refractivity contribution in [2.45, 2.75) is 13.1 Å². The van der Waals surface area contributed by atoms with E-state index in [1.807, 2.05) is 41.1 Å². The SMILES string of the molecule is O=S(=O)(CCOc1ccccc1)N1CCn2nccc2C1. The van der Waals surface area contributed by atoms with E-state index in [0.717, 1.165) is 5.69 Å². The predicted octanol–water partition coefficient (Wildman–Crippen LogP) is 1.11. The van der Waals surface area contributed by atoms with Crippen molar-refractivity contribution in [2.24, 2.45) is 0 Å². The first-order chi connectivity index (χ1) is 10.1. The number of ether oxygens (including phenoxy) is 1. The third kappa shape index (κ3) is 3.25. The van der Waals surface area contributed by atoms with Crippen LogP contribution in [0.5, 0.6) is 5.75 Å². The molecular formula is C14H17N3O3S. The van der Waals surface area contributed by atoms with Crippen molar-refractivity contribution in [3.63, 3.8) is 0 Å². The van der Waals surface area contributed by atoms with E-state index in [2.05, 4.69) is 5.10 Å².